The number of sulfone groups is 1. The minimum absolute atomic E-state index is 0.0323. The first-order chi connectivity index (χ1) is 18.6. The quantitative estimate of drug-likeness (QED) is 0.314. The largest absolute Gasteiger partial charge is 0.413 e. The van der Waals surface area contributed by atoms with Crippen molar-refractivity contribution in [2.24, 2.45) is 11.7 Å². The van der Waals surface area contributed by atoms with Crippen LogP contribution in [-0.4, -0.2) is 49.2 Å². The Morgan fingerprint density at radius 1 is 1.10 bits per heavy atom. The van der Waals surface area contributed by atoms with Gasteiger partial charge in [-0.25, -0.2) is 8.42 Å². The normalized spacial score (nSPS) is 13.5. The lowest BCUT2D eigenvalue weighted by molar-refractivity contribution is -0.191. The van der Waals surface area contributed by atoms with E-state index in [1.54, 1.807) is 38.1 Å². The number of hydrogen-bond donors (Lipinski definition) is 1. The summed E-state index contributed by atoms with van der Waals surface area (Å²) in [6.07, 6.45) is -2.23. The van der Waals surface area contributed by atoms with Crippen molar-refractivity contribution < 1.29 is 26.4 Å². The molecule has 3 aromatic rings. The minimum atomic E-state index is -4.88. The summed E-state index contributed by atoms with van der Waals surface area (Å²) in [6.45, 7) is 2.80. The fraction of sp³-hybridized carbons (Fsp3) is 0.321. The Labute approximate surface area is 236 Å². The first kappa shape index (κ1) is 31.1. The number of halogens is 4. The maximum atomic E-state index is 14.3. The van der Waals surface area contributed by atoms with Gasteiger partial charge in [0, 0.05) is 23.6 Å². The van der Waals surface area contributed by atoms with Crippen LogP contribution in [-0.2, 0) is 14.6 Å². The minimum Gasteiger partial charge on any atom is -0.320 e. The summed E-state index contributed by atoms with van der Waals surface area (Å²) < 4.78 is 66.6. The zero-order valence-electron chi connectivity index (χ0n) is 22.0. The van der Waals surface area contributed by atoms with Gasteiger partial charge in [0.25, 0.3) is 0 Å². The monoisotopic (exact) mass is 592 g/mol. The fourth-order valence-corrected chi connectivity index (χ4v) is 5.12. The summed E-state index contributed by atoms with van der Waals surface area (Å²) in [6, 6.07) is 11.1. The van der Waals surface area contributed by atoms with E-state index in [1.807, 2.05) is 0 Å². The zero-order valence-corrected chi connectivity index (χ0v) is 23.6. The Morgan fingerprint density at radius 2 is 1.68 bits per heavy atom. The number of rotatable bonds is 9. The van der Waals surface area contributed by atoms with Crippen molar-refractivity contribution in [2.45, 2.75) is 43.4 Å². The lowest BCUT2D eigenvalue weighted by Gasteiger charge is -2.33. The third kappa shape index (κ3) is 7.38. The Bertz CT molecular complexity index is 1500. The standard InChI is InChI=1S/C28H28ClF3N4O3S/c1-17(2)14-24(34)27(37)36(13-12-33)26(28(30,31)32)20-6-4-19(5-7-20)25-23(15-21(29)16-35-25)18-8-10-22(11-9-18)40(3,38)39/h4-11,15-17,24,26H,13-14,34H2,1-3H3/t24-,26-/m0/s1. The van der Waals surface area contributed by atoms with Gasteiger partial charge in [-0.05, 0) is 41.7 Å². The van der Waals surface area contributed by atoms with E-state index >= 15 is 0 Å². The Kier molecular flexibility index (Phi) is 9.61. The highest BCUT2D eigenvalue weighted by Crippen LogP contribution is 2.40. The number of hydrogen-bond acceptors (Lipinski definition) is 6. The second kappa shape index (κ2) is 12.4. The first-order valence-corrected chi connectivity index (χ1v) is 14.5. The van der Waals surface area contributed by atoms with Crippen LogP contribution in [0.5, 0.6) is 0 Å². The average molecular weight is 593 g/mol. The molecular formula is C28H28ClF3N4O3S. The van der Waals surface area contributed by atoms with Crippen LogP contribution >= 0.6 is 11.6 Å². The van der Waals surface area contributed by atoms with Crippen LogP contribution in [0.4, 0.5) is 13.2 Å². The van der Waals surface area contributed by atoms with Gasteiger partial charge < -0.3 is 10.6 Å². The van der Waals surface area contributed by atoms with Crippen molar-refractivity contribution in [3.05, 3.63) is 71.4 Å². The molecule has 0 saturated carbocycles. The van der Waals surface area contributed by atoms with Crippen LogP contribution in [0.15, 0.2) is 65.7 Å². The summed E-state index contributed by atoms with van der Waals surface area (Å²) in [4.78, 5) is 17.9. The third-order valence-electron chi connectivity index (χ3n) is 6.14. The Hall–Kier alpha value is -3.46. The van der Waals surface area contributed by atoms with Gasteiger partial charge in [0.2, 0.25) is 5.91 Å². The zero-order chi connectivity index (χ0) is 29.8. The second-order valence-corrected chi connectivity index (χ2v) is 12.2. The molecule has 0 bridgehead atoms. The van der Waals surface area contributed by atoms with Gasteiger partial charge in [-0.1, -0.05) is 61.8 Å². The number of nitriles is 1. The number of nitrogens with two attached hydrogens (primary N) is 1. The third-order valence-corrected chi connectivity index (χ3v) is 7.47. The molecular weight excluding hydrogens is 565 g/mol. The van der Waals surface area contributed by atoms with Crippen molar-refractivity contribution in [1.82, 2.24) is 9.88 Å². The van der Waals surface area contributed by atoms with Crippen LogP contribution in [0.2, 0.25) is 5.02 Å². The van der Waals surface area contributed by atoms with Crippen LogP contribution in [0.3, 0.4) is 0 Å². The number of carbonyl (C=O) groups is 1. The molecule has 0 fully saturated rings. The van der Waals surface area contributed by atoms with E-state index in [9.17, 15) is 31.6 Å². The fourth-order valence-electron chi connectivity index (χ4n) is 4.33. The molecule has 2 aromatic carbocycles. The average Bonchev–Trinajstić information content (AvgIpc) is 2.87. The highest BCUT2D eigenvalue weighted by Gasteiger charge is 2.47. The van der Waals surface area contributed by atoms with Gasteiger partial charge >= 0.3 is 6.18 Å². The van der Waals surface area contributed by atoms with Crippen molar-refractivity contribution >= 4 is 27.3 Å². The number of nitrogens with zero attached hydrogens (tertiary/aromatic N) is 3. The molecule has 0 spiro atoms. The number of alkyl halides is 3. The molecule has 1 heterocycles. The van der Waals surface area contributed by atoms with Crippen LogP contribution < -0.4 is 5.73 Å². The number of benzene rings is 2. The van der Waals surface area contributed by atoms with E-state index in [0.717, 1.165) is 6.26 Å². The first-order valence-electron chi connectivity index (χ1n) is 12.2. The smallest absolute Gasteiger partial charge is 0.320 e. The van der Waals surface area contributed by atoms with E-state index in [0.29, 0.717) is 32.3 Å². The van der Waals surface area contributed by atoms with Gasteiger partial charge in [-0.3, -0.25) is 9.78 Å². The molecule has 0 aliphatic heterocycles. The van der Waals surface area contributed by atoms with E-state index in [-0.39, 0.29) is 22.8 Å². The molecule has 7 nitrogen and oxygen atoms in total. The molecule has 3 rings (SSSR count). The predicted octanol–water partition coefficient (Wildman–Crippen LogP) is 5.80. The number of aromatic nitrogens is 1. The van der Waals surface area contributed by atoms with Crippen LogP contribution in [0.25, 0.3) is 22.4 Å². The summed E-state index contributed by atoms with van der Waals surface area (Å²) in [5, 5.41) is 9.53. The van der Waals surface area contributed by atoms with E-state index in [4.69, 9.17) is 17.3 Å². The molecule has 212 valence electrons. The van der Waals surface area contributed by atoms with Gasteiger partial charge in [-0.2, -0.15) is 18.4 Å². The van der Waals surface area contributed by atoms with Crippen molar-refractivity contribution in [1.29, 1.82) is 5.26 Å². The van der Waals surface area contributed by atoms with Gasteiger partial charge in [0.15, 0.2) is 15.9 Å². The summed E-state index contributed by atoms with van der Waals surface area (Å²) in [5.41, 5.74) is 7.65. The van der Waals surface area contributed by atoms with Crippen molar-refractivity contribution in [3.63, 3.8) is 0 Å². The molecule has 0 aliphatic rings. The van der Waals surface area contributed by atoms with Crippen LogP contribution in [0, 0.1) is 17.2 Å². The molecule has 1 amide bonds. The number of amides is 1. The summed E-state index contributed by atoms with van der Waals surface area (Å²) >= 11 is 6.17. The van der Waals surface area contributed by atoms with Crippen molar-refractivity contribution in [2.75, 3.05) is 12.8 Å². The lowest BCUT2D eigenvalue weighted by Crippen LogP contribution is -2.49. The summed E-state index contributed by atoms with van der Waals surface area (Å²) in [5.74, 6) is -0.990. The SMILES string of the molecule is CC(C)C[C@H](N)C(=O)N(CC#N)[C@@H](c1ccc(-c2ncc(Cl)cc2-c2ccc(S(C)(=O)=O)cc2)cc1)C(F)(F)F. The molecule has 12 heteroatoms. The highest BCUT2D eigenvalue weighted by molar-refractivity contribution is 7.90. The maximum absolute atomic E-state index is 14.3. The number of carbonyl (C=O) groups excluding carboxylic acids is 1. The van der Waals surface area contributed by atoms with Gasteiger partial charge in [0.05, 0.1) is 27.7 Å². The van der Waals surface area contributed by atoms with E-state index in [2.05, 4.69) is 4.98 Å². The molecule has 1 aromatic heterocycles. The molecule has 0 radical (unpaired) electrons. The molecule has 0 saturated heterocycles. The molecule has 40 heavy (non-hydrogen) atoms. The van der Waals surface area contributed by atoms with Crippen LogP contribution in [0.1, 0.15) is 31.9 Å². The Balaban J connectivity index is 2.05. The topological polar surface area (TPSA) is 117 Å². The highest BCUT2D eigenvalue weighted by atomic mass is 35.5. The maximum Gasteiger partial charge on any atom is 0.413 e. The number of pyridine rings is 1. The van der Waals surface area contributed by atoms with E-state index in [1.165, 1.54) is 42.6 Å². The summed E-state index contributed by atoms with van der Waals surface area (Å²) in [7, 11) is -3.42. The second-order valence-electron chi connectivity index (χ2n) is 9.77. The van der Waals surface area contributed by atoms with Gasteiger partial charge in [0.1, 0.15) is 6.54 Å². The molecule has 0 aliphatic carbocycles. The van der Waals surface area contributed by atoms with E-state index < -0.39 is 40.5 Å². The van der Waals surface area contributed by atoms with Crippen molar-refractivity contribution in [3.8, 4) is 28.5 Å². The molecule has 0 unspecified atom stereocenters. The van der Waals surface area contributed by atoms with Gasteiger partial charge in [-0.15, -0.1) is 0 Å². The Morgan fingerprint density at radius 3 is 2.17 bits per heavy atom. The lowest BCUT2D eigenvalue weighted by atomic mass is 9.96. The molecule has 2 N–H and O–H groups in total. The predicted molar refractivity (Wildman–Crippen MR) is 147 cm³/mol. The molecule has 2 atom stereocenters.